The highest BCUT2D eigenvalue weighted by molar-refractivity contribution is 6.33. The fourth-order valence-corrected chi connectivity index (χ4v) is 1.76. The van der Waals surface area contributed by atoms with E-state index in [2.05, 4.69) is 5.32 Å². The van der Waals surface area contributed by atoms with Gasteiger partial charge in [-0.15, -0.1) is 0 Å². The fraction of sp³-hybridized carbons (Fsp3) is 0.462. The molecule has 4 nitrogen and oxygen atoms in total. The van der Waals surface area contributed by atoms with E-state index in [1.807, 2.05) is 13.8 Å². The van der Waals surface area contributed by atoms with Gasteiger partial charge in [0, 0.05) is 6.54 Å². The van der Waals surface area contributed by atoms with Crippen LogP contribution in [0.1, 0.15) is 21.5 Å². The molecule has 0 aromatic heterocycles. The Morgan fingerprint density at radius 3 is 2.67 bits per heavy atom. The summed E-state index contributed by atoms with van der Waals surface area (Å²) in [5.74, 6) is -0.212. The topological polar surface area (TPSA) is 58.6 Å². The number of hydrogen-bond acceptors (Lipinski definition) is 3. The van der Waals surface area contributed by atoms with Gasteiger partial charge in [0.25, 0.3) is 5.91 Å². The van der Waals surface area contributed by atoms with E-state index in [1.165, 1.54) is 0 Å². The SMILES string of the molecule is Cc1cc(Cl)c(C(=O)NCCOCCO)cc1C. The molecule has 2 N–H and O–H groups in total. The summed E-state index contributed by atoms with van der Waals surface area (Å²) in [4.78, 5) is 11.9. The zero-order valence-electron chi connectivity index (χ0n) is 10.6. The molecule has 0 aliphatic rings. The summed E-state index contributed by atoms with van der Waals surface area (Å²) in [5.41, 5.74) is 2.56. The van der Waals surface area contributed by atoms with E-state index >= 15 is 0 Å². The number of rotatable bonds is 6. The minimum atomic E-state index is -0.212. The van der Waals surface area contributed by atoms with Crippen LogP contribution in [0, 0.1) is 13.8 Å². The molecule has 0 unspecified atom stereocenters. The van der Waals surface area contributed by atoms with Gasteiger partial charge in [0.2, 0.25) is 0 Å². The van der Waals surface area contributed by atoms with Crippen molar-refractivity contribution < 1.29 is 14.6 Å². The van der Waals surface area contributed by atoms with Crippen LogP contribution in [0.25, 0.3) is 0 Å². The molecule has 0 atom stereocenters. The maximum absolute atomic E-state index is 11.9. The van der Waals surface area contributed by atoms with Gasteiger partial charge in [-0.3, -0.25) is 4.79 Å². The summed E-state index contributed by atoms with van der Waals surface area (Å²) in [7, 11) is 0. The first-order valence-electron chi connectivity index (χ1n) is 5.79. The number of nitrogens with one attached hydrogen (secondary N) is 1. The Morgan fingerprint density at radius 2 is 2.00 bits per heavy atom. The third kappa shape index (κ3) is 4.29. The monoisotopic (exact) mass is 271 g/mol. The highest BCUT2D eigenvalue weighted by Crippen LogP contribution is 2.20. The second-order valence-electron chi connectivity index (χ2n) is 4.01. The summed E-state index contributed by atoms with van der Waals surface area (Å²) in [6.45, 7) is 4.91. The van der Waals surface area contributed by atoms with Gasteiger partial charge in [0.15, 0.2) is 0 Å². The van der Waals surface area contributed by atoms with Gasteiger partial charge in [0.05, 0.1) is 30.4 Å². The average molecular weight is 272 g/mol. The summed E-state index contributed by atoms with van der Waals surface area (Å²) >= 11 is 6.03. The Hall–Kier alpha value is -1.10. The van der Waals surface area contributed by atoms with Crippen LogP contribution in [-0.2, 0) is 4.74 Å². The van der Waals surface area contributed by atoms with E-state index in [4.69, 9.17) is 21.4 Å². The number of aliphatic hydroxyl groups is 1. The largest absolute Gasteiger partial charge is 0.394 e. The second kappa shape index (κ2) is 7.36. The van der Waals surface area contributed by atoms with Crippen molar-refractivity contribution in [1.82, 2.24) is 5.32 Å². The zero-order chi connectivity index (χ0) is 13.5. The molecule has 0 radical (unpaired) electrons. The lowest BCUT2D eigenvalue weighted by Gasteiger charge is -2.09. The molecule has 1 aromatic carbocycles. The molecule has 0 saturated carbocycles. The van der Waals surface area contributed by atoms with E-state index in [0.717, 1.165) is 11.1 Å². The van der Waals surface area contributed by atoms with Crippen LogP contribution in [0.4, 0.5) is 0 Å². The summed E-state index contributed by atoms with van der Waals surface area (Å²) in [6.07, 6.45) is 0. The smallest absolute Gasteiger partial charge is 0.252 e. The molecule has 0 fully saturated rings. The van der Waals surface area contributed by atoms with Crippen LogP contribution in [0.2, 0.25) is 5.02 Å². The number of carbonyl (C=O) groups is 1. The number of benzene rings is 1. The number of aliphatic hydroxyl groups excluding tert-OH is 1. The van der Waals surface area contributed by atoms with Gasteiger partial charge >= 0.3 is 0 Å². The molecular formula is C13H18ClNO3. The van der Waals surface area contributed by atoms with Crippen molar-refractivity contribution in [3.63, 3.8) is 0 Å². The van der Waals surface area contributed by atoms with Gasteiger partial charge in [-0.1, -0.05) is 11.6 Å². The number of halogens is 1. The van der Waals surface area contributed by atoms with Crippen molar-refractivity contribution in [2.45, 2.75) is 13.8 Å². The van der Waals surface area contributed by atoms with Crippen molar-refractivity contribution in [3.05, 3.63) is 33.8 Å². The van der Waals surface area contributed by atoms with Gasteiger partial charge in [0.1, 0.15) is 0 Å². The Kier molecular flexibility index (Phi) is 6.12. The Balaban J connectivity index is 2.54. The van der Waals surface area contributed by atoms with E-state index in [0.29, 0.717) is 23.7 Å². The number of aryl methyl sites for hydroxylation is 2. The molecule has 1 rings (SSSR count). The lowest BCUT2D eigenvalue weighted by Crippen LogP contribution is -2.28. The van der Waals surface area contributed by atoms with Crippen LogP contribution >= 0.6 is 11.6 Å². The lowest BCUT2D eigenvalue weighted by atomic mass is 10.1. The number of ether oxygens (including phenoxy) is 1. The maximum Gasteiger partial charge on any atom is 0.252 e. The van der Waals surface area contributed by atoms with Crippen molar-refractivity contribution in [3.8, 4) is 0 Å². The predicted octanol–water partition coefficient (Wildman–Crippen LogP) is 1.70. The first kappa shape index (κ1) is 15.0. The van der Waals surface area contributed by atoms with Crippen LogP contribution in [0.3, 0.4) is 0 Å². The van der Waals surface area contributed by atoms with Crippen molar-refractivity contribution in [2.75, 3.05) is 26.4 Å². The Bertz CT molecular complexity index is 421. The summed E-state index contributed by atoms with van der Waals surface area (Å²) in [6, 6.07) is 3.57. The molecule has 0 spiro atoms. The number of carbonyl (C=O) groups excluding carboxylic acids is 1. The third-order valence-corrected chi connectivity index (χ3v) is 2.91. The molecular weight excluding hydrogens is 254 g/mol. The fourth-order valence-electron chi connectivity index (χ4n) is 1.45. The number of hydrogen-bond donors (Lipinski definition) is 2. The zero-order valence-corrected chi connectivity index (χ0v) is 11.4. The molecule has 0 aliphatic heterocycles. The first-order chi connectivity index (χ1) is 8.56. The van der Waals surface area contributed by atoms with Crippen molar-refractivity contribution in [2.24, 2.45) is 0 Å². The molecule has 0 aliphatic carbocycles. The van der Waals surface area contributed by atoms with E-state index in [9.17, 15) is 4.79 Å². The minimum absolute atomic E-state index is 0.0169. The molecule has 0 bridgehead atoms. The third-order valence-electron chi connectivity index (χ3n) is 2.60. The second-order valence-corrected chi connectivity index (χ2v) is 4.42. The number of amides is 1. The van der Waals surface area contributed by atoms with Gasteiger partial charge < -0.3 is 15.2 Å². The van der Waals surface area contributed by atoms with E-state index in [1.54, 1.807) is 12.1 Å². The van der Waals surface area contributed by atoms with Gasteiger partial charge in [-0.2, -0.15) is 0 Å². The van der Waals surface area contributed by atoms with Crippen LogP contribution < -0.4 is 5.32 Å². The van der Waals surface area contributed by atoms with Crippen LogP contribution in [0.15, 0.2) is 12.1 Å². The highest BCUT2D eigenvalue weighted by atomic mass is 35.5. The molecule has 1 amide bonds. The molecule has 1 aromatic rings. The normalized spacial score (nSPS) is 10.4. The average Bonchev–Trinajstić information content (AvgIpc) is 2.33. The highest BCUT2D eigenvalue weighted by Gasteiger charge is 2.11. The molecule has 0 saturated heterocycles. The standard InChI is InChI=1S/C13H18ClNO3/c1-9-7-11(12(14)8-10(9)2)13(17)15-3-5-18-6-4-16/h7-8,16H,3-6H2,1-2H3,(H,15,17). The quantitative estimate of drug-likeness (QED) is 0.774. The van der Waals surface area contributed by atoms with Gasteiger partial charge in [-0.25, -0.2) is 0 Å². The van der Waals surface area contributed by atoms with E-state index in [-0.39, 0.29) is 19.1 Å². The molecule has 100 valence electrons. The molecule has 0 heterocycles. The summed E-state index contributed by atoms with van der Waals surface area (Å²) < 4.78 is 5.04. The van der Waals surface area contributed by atoms with Crippen molar-refractivity contribution in [1.29, 1.82) is 0 Å². The van der Waals surface area contributed by atoms with Gasteiger partial charge in [-0.05, 0) is 37.1 Å². The molecule has 5 heteroatoms. The molecule has 18 heavy (non-hydrogen) atoms. The predicted molar refractivity (Wildman–Crippen MR) is 71.2 cm³/mol. The summed E-state index contributed by atoms with van der Waals surface area (Å²) in [5, 5.41) is 11.7. The lowest BCUT2D eigenvalue weighted by molar-refractivity contribution is 0.0838. The minimum Gasteiger partial charge on any atom is -0.394 e. The Morgan fingerprint density at radius 1 is 1.33 bits per heavy atom. The van der Waals surface area contributed by atoms with E-state index < -0.39 is 0 Å². The van der Waals surface area contributed by atoms with Crippen molar-refractivity contribution >= 4 is 17.5 Å². The maximum atomic E-state index is 11.9. The first-order valence-corrected chi connectivity index (χ1v) is 6.17. The Labute approximate surface area is 112 Å². The van der Waals surface area contributed by atoms with Crippen LogP contribution in [0.5, 0.6) is 0 Å². The van der Waals surface area contributed by atoms with Crippen LogP contribution in [-0.4, -0.2) is 37.4 Å².